The maximum atomic E-state index is 14.9. The van der Waals surface area contributed by atoms with Crippen LogP contribution in [0.4, 0.5) is 18.4 Å². The highest BCUT2D eigenvalue weighted by Gasteiger charge is 2.36. The Morgan fingerprint density at radius 2 is 1.28 bits per heavy atom. The number of aromatic amines is 2. The number of halogens is 2. The number of H-pyrrole nitrogens is 2. The van der Waals surface area contributed by atoms with Crippen molar-refractivity contribution in [1.29, 1.82) is 0 Å². The van der Waals surface area contributed by atoms with Gasteiger partial charge >= 0.3 is 12.2 Å². The highest BCUT2D eigenvalue weighted by molar-refractivity contribution is 6.05. The zero-order valence-electron chi connectivity index (χ0n) is 37.0. The predicted molar refractivity (Wildman–Crippen MR) is 236 cm³/mol. The van der Waals surface area contributed by atoms with Crippen LogP contribution in [0.15, 0.2) is 48.5 Å². The molecule has 60 heavy (non-hydrogen) atoms. The fourth-order valence-electron chi connectivity index (χ4n) is 7.59. The van der Waals surface area contributed by atoms with Crippen LogP contribution < -0.4 is 22.1 Å². The average Bonchev–Trinajstić information content (AvgIpc) is 3.78. The Morgan fingerprint density at radius 3 is 1.85 bits per heavy atom. The van der Waals surface area contributed by atoms with Gasteiger partial charge in [-0.05, 0) is 126 Å². The zero-order valence-corrected chi connectivity index (χ0v) is 37.0. The van der Waals surface area contributed by atoms with Gasteiger partial charge in [-0.2, -0.15) is 0 Å². The number of nitrogens with zero attached hydrogens (tertiary/aromatic N) is 2. The van der Waals surface area contributed by atoms with Crippen LogP contribution in [0.1, 0.15) is 125 Å². The van der Waals surface area contributed by atoms with Crippen molar-refractivity contribution < 1.29 is 27.8 Å². The topological polar surface area (TPSA) is 186 Å². The SMILES string of the molecule is CC(C)[C@@H](CC(CC(F)(F)CN)c1nc2ccc(-c3ccc4c(ccc5[nH]c(C(CCCN)C[C@@H](NC(=O)OC(C)(C)C)C(C)C)nc54)c3)cc2[nH]1)NC(=O)OC(C)(C)C. The van der Waals surface area contributed by atoms with Gasteiger partial charge in [0.1, 0.15) is 22.9 Å². The molecule has 5 aromatic rings. The molecule has 2 amide bonds. The molecule has 2 aromatic heterocycles. The van der Waals surface area contributed by atoms with Crippen molar-refractivity contribution in [3.63, 3.8) is 0 Å². The first-order valence-corrected chi connectivity index (χ1v) is 21.2. The van der Waals surface area contributed by atoms with Crippen LogP contribution in [0, 0.1) is 11.8 Å². The number of nitrogens with two attached hydrogens (primary N) is 2. The number of nitrogens with one attached hydrogen (secondary N) is 4. The van der Waals surface area contributed by atoms with E-state index in [1.54, 1.807) is 20.8 Å². The van der Waals surface area contributed by atoms with Crippen LogP contribution in [0.2, 0.25) is 0 Å². The molecule has 2 unspecified atom stereocenters. The predicted octanol–water partition coefficient (Wildman–Crippen LogP) is 10.0. The van der Waals surface area contributed by atoms with E-state index < -0.39 is 54.2 Å². The highest BCUT2D eigenvalue weighted by Crippen LogP contribution is 2.36. The van der Waals surface area contributed by atoms with Gasteiger partial charge in [0.15, 0.2) is 0 Å². The highest BCUT2D eigenvalue weighted by atomic mass is 19.3. The van der Waals surface area contributed by atoms with Crippen LogP contribution in [-0.4, -0.2) is 74.4 Å². The average molecular weight is 833 g/mol. The number of imidazole rings is 2. The lowest BCUT2D eigenvalue weighted by Gasteiger charge is -2.29. The Kier molecular flexibility index (Phi) is 14.5. The first kappa shape index (κ1) is 46.2. The van der Waals surface area contributed by atoms with Crippen LogP contribution >= 0.6 is 0 Å². The first-order valence-electron chi connectivity index (χ1n) is 21.2. The largest absolute Gasteiger partial charge is 0.444 e. The summed E-state index contributed by atoms with van der Waals surface area (Å²) < 4.78 is 40.9. The lowest BCUT2D eigenvalue weighted by Crippen LogP contribution is -2.43. The minimum Gasteiger partial charge on any atom is -0.444 e. The molecule has 5 rings (SSSR count). The molecule has 0 aliphatic carbocycles. The van der Waals surface area contributed by atoms with E-state index in [-0.39, 0.29) is 30.2 Å². The van der Waals surface area contributed by atoms with E-state index in [1.165, 1.54) is 0 Å². The van der Waals surface area contributed by atoms with Crippen LogP contribution in [-0.2, 0) is 9.47 Å². The molecule has 0 spiro atoms. The number of carbonyl (C=O) groups is 2. The minimum atomic E-state index is -3.13. The van der Waals surface area contributed by atoms with Crippen LogP contribution in [0.3, 0.4) is 0 Å². The zero-order chi connectivity index (χ0) is 44.2. The number of ether oxygens (including phenoxy) is 2. The van der Waals surface area contributed by atoms with Gasteiger partial charge < -0.3 is 41.5 Å². The lowest BCUT2D eigenvalue weighted by molar-refractivity contribution is -0.00773. The minimum absolute atomic E-state index is 0.0299. The molecule has 0 bridgehead atoms. The van der Waals surface area contributed by atoms with Crippen molar-refractivity contribution in [3.05, 3.63) is 60.2 Å². The van der Waals surface area contributed by atoms with Crippen molar-refractivity contribution in [2.24, 2.45) is 23.3 Å². The number of hydrogen-bond donors (Lipinski definition) is 6. The molecule has 0 aliphatic heterocycles. The number of carbonyl (C=O) groups excluding carboxylic acids is 2. The molecule has 0 saturated carbocycles. The number of aromatic nitrogens is 4. The van der Waals surface area contributed by atoms with Gasteiger partial charge in [-0.3, -0.25) is 0 Å². The maximum Gasteiger partial charge on any atom is 0.407 e. The molecule has 2 heterocycles. The number of alkyl halides is 2. The molecule has 0 saturated heterocycles. The van der Waals surface area contributed by atoms with E-state index in [0.29, 0.717) is 29.8 Å². The summed E-state index contributed by atoms with van der Waals surface area (Å²) in [6.07, 6.45) is 0.954. The van der Waals surface area contributed by atoms with Crippen molar-refractivity contribution in [3.8, 4) is 11.1 Å². The van der Waals surface area contributed by atoms with Crippen LogP contribution in [0.25, 0.3) is 44.0 Å². The quantitative estimate of drug-likeness (QED) is 0.0534. The third-order valence-corrected chi connectivity index (χ3v) is 10.8. The molecule has 0 fully saturated rings. The molecular formula is C46H66F2N8O4. The number of rotatable bonds is 17. The molecule has 3 aromatic carbocycles. The second kappa shape index (κ2) is 18.8. The molecule has 0 aliphatic rings. The molecule has 12 nitrogen and oxygen atoms in total. The summed E-state index contributed by atoms with van der Waals surface area (Å²) in [6, 6.07) is 15.6. The van der Waals surface area contributed by atoms with Gasteiger partial charge in [0, 0.05) is 35.7 Å². The fourth-order valence-corrected chi connectivity index (χ4v) is 7.59. The molecule has 0 radical (unpaired) electrons. The van der Waals surface area contributed by atoms with Gasteiger partial charge in [0.25, 0.3) is 5.92 Å². The summed E-state index contributed by atoms with van der Waals surface area (Å²) in [5.41, 5.74) is 15.2. The van der Waals surface area contributed by atoms with E-state index in [1.807, 2.05) is 58.9 Å². The fraction of sp³-hybridized carbons (Fsp3) is 0.565. The first-order chi connectivity index (χ1) is 28.0. The second-order valence-corrected chi connectivity index (χ2v) is 18.9. The third kappa shape index (κ3) is 12.4. The Morgan fingerprint density at radius 1 is 0.733 bits per heavy atom. The van der Waals surface area contributed by atoms with Gasteiger partial charge in [-0.25, -0.2) is 28.3 Å². The Labute approximate surface area is 352 Å². The van der Waals surface area contributed by atoms with Gasteiger partial charge in [0.2, 0.25) is 0 Å². The van der Waals surface area contributed by atoms with Gasteiger partial charge in [-0.15, -0.1) is 0 Å². The van der Waals surface area contributed by atoms with Crippen molar-refractivity contribution in [1.82, 2.24) is 30.6 Å². The van der Waals surface area contributed by atoms with Crippen molar-refractivity contribution >= 4 is 45.0 Å². The summed E-state index contributed by atoms with van der Waals surface area (Å²) in [5.74, 6) is -2.45. The Bertz CT molecular complexity index is 2240. The van der Waals surface area contributed by atoms with E-state index in [2.05, 4.69) is 58.7 Å². The maximum absolute atomic E-state index is 14.9. The van der Waals surface area contributed by atoms with E-state index in [4.69, 9.17) is 30.9 Å². The van der Waals surface area contributed by atoms with Crippen LogP contribution in [0.5, 0.6) is 0 Å². The summed E-state index contributed by atoms with van der Waals surface area (Å²) in [7, 11) is 0. The number of hydrogen-bond acceptors (Lipinski definition) is 8. The summed E-state index contributed by atoms with van der Waals surface area (Å²) >= 11 is 0. The Balaban J connectivity index is 1.42. The standard InChI is InChI=1S/C46H66F2N8O4/c1-26(2)36(54-42(57)59-44(5,6)7)22-31(12-11-19-49)40-52-35-18-15-30-20-28(13-16-33(30)39(35)56-40)29-14-17-34-38(21-29)53-41(51-34)32(24-46(47,48)25-50)23-37(27(3)4)55-43(58)60-45(8,9)10/h13-18,20-21,26-27,31-32,36-37H,11-12,19,22-25,49-50H2,1-10H3,(H,51,53)(H,52,56)(H,54,57)(H,55,58)/t31?,32?,36-,37-/m1/s1. The van der Waals surface area contributed by atoms with Crippen molar-refractivity contribution in [2.75, 3.05) is 13.1 Å². The molecule has 4 atom stereocenters. The number of alkyl carbamates (subject to hydrolysis) is 2. The third-order valence-electron chi connectivity index (χ3n) is 10.8. The molecule has 14 heteroatoms. The molecular weight excluding hydrogens is 767 g/mol. The summed E-state index contributed by atoms with van der Waals surface area (Å²) in [4.78, 5) is 42.3. The van der Waals surface area contributed by atoms with E-state index in [0.717, 1.165) is 51.6 Å². The van der Waals surface area contributed by atoms with Gasteiger partial charge in [0.05, 0.1) is 28.6 Å². The second-order valence-electron chi connectivity index (χ2n) is 18.9. The van der Waals surface area contributed by atoms with E-state index in [9.17, 15) is 18.4 Å². The number of fused-ring (bicyclic) bond motifs is 4. The van der Waals surface area contributed by atoms with Gasteiger partial charge in [-0.1, -0.05) is 52.0 Å². The lowest BCUT2D eigenvalue weighted by atomic mass is 9.88. The number of amides is 2. The normalized spacial score (nSPS) is 14.8. The van der Waals surface area contributed by atoms with E-state index >= 15 is 0 Å². The monoisotopic (exact) mass is 833 g/mol. The smallest absolute Gasteiger partial charge is 0.407 e. The van der Waals surface area contributed by atoms with Crippen molar-refractivity contribution in [2.45, 2.75) is 142 Å². The number of benzene rings is 3. The molecule has 8 N–H and O–H groups in total. The summed E-state index contributed by atoms with van der Waals surface area (Å²) in [5, 5.41) is 8.00. The Hall–Kier alpha value is -4.82. The summed E-state index contributed by atoms with van der Waals surface area (Å²) in [6.45, 7) is 18.7. The molecule has 328 valence electrons.